The van der Waals surface area contributed by atoms with Crippen LogP contribution in [0.1, 0.15) is 30.6 Å². The molecular weight excluding hydrogens is 226 g/mol. The predicted octanol–water partition coefficient (Wildman–Crippen LogP) is 1.61. The van der Waals surface area contributed by atoms with Crippen molar-refractivity contribution in [3.05, 3.63) is 29.8 Å². The van der Waals surface area contributed by atoms with E-state index >= 15 is 0 Å². The highest BCUT2D eigenvalue weighted by molar-refractivity contribution is 5.94. The van der Waals surface area contributed by atoms with Crippen LogP contribution in [0.3, 0.4) is 0 Å². The van der Waals surface area contributed by atoms with Gasteiger partial charge in [0.2, 0.25) is 0 Å². The third kappa shape index (κ3) is 4.04. The second kappa shape index (κ2) is 7.01. The smallest absolute Gasteiger partial charge is 0.251 e. The Kier molecular flexibility index (Phi) is 5.65. The predicted molar refractivity (Wildman–Crippen MR) is 76.0 cm³/mol. The van der Waals surface area contributed by atoms with Gasteiger partial charge in [-0.2, -0.15) is 0 Å². The average Bonchev–Trinajstić information content (AvgIpc) is 2.39. The first-order valence-corrected chi connectivity index (χ1v) is 6.40. The van der Waals surface area contributed by atoms with Crippen molar-refractivity contribution in [1.29, 1.82) is 0 Å². The normalized spacial score (nSPS) is 12.0. The van der Waals surface area contributed by atoms with Crippen LogP contribution < -0.4 is 16.0 Å². The van der Waals surface area contributed by atoms with E-state index in [1.54, 1.807) is 0 Å². The number of nitrogens with zero attached hydrogens (tertiary/aromatic N) is 1. The maximum Gasteiger partial charge on any atom is 0.251 e. The number of hydrogen-bond acceptors (Lipinski definition) is 3. The summed E-state index contributed by atoms with van der Waals surface area (Å²) in [4.78, 5) is 14.0. The van der Waals surface area contributed by atoms with Gasteiger partial charge in [0.1, 0.15) is 0 Å². The Hall–Kier alpha value is -1.55. The lowest BCUT2D eigenvalue weighted by molar-refractivity contribution is 0.0941. The first-order valence-electron chi connectivity index (χ1n) is 6.40. The van der Waals surface area contributed by atoms with Crippen molar-refractivity contribution in [2.75, 3.05) is 25.0 Å². The Balaban J connectivity index is 2.67. The van der Waals surface area contributed by atoms with Gasteiger partial charge in [-0.15, -0.1) is 0 Å². The first-order chi connectivity index (χ1) is 8.58. The molecule has 0 saturated carbocycles. The van der Waals surface area contributed by atoms with Crippen LogP contribution in [0.15, 0.2) is 24.3 Å². The molecule has 0 bridgehead atoms. The van der Waals surface area contributed by atoms with Crippen LogP contribution in [0.5, 0.6) is 0 Å². The van der Waals surface area contributed by atoms with Crippen molar-refractivity contribution < 1.29 is 4.79 Å². The van der Waals surface area contributed by atoms with Gasteiger partial charge >= 0.3 is 0 Å². The van der Waals surface area contributed by atoms with Crippen LogP contribution >= 0.6 is 0 Å². The Labute approximate surface area is 109 Å². The SMILES string of the molecule is CCCN(C)c1ccc(C(=O)N[C@@H](C)CN)cc1. The number of hydrogen-bond donors (Lipinski definition) is 2. The quantitative estimate of drug-likeness (QED) is 0.805. The minimum Gasteiger partial charge on any atom is -0.375 e. The highest BCUT2D eigenvalue weighted by Crippen LogP contribution is 2.14. The average molecular weight is 249 g/mol. The molecule has 0 aliphatic rings. The van der Waals surface area contributed by atoms with Gasteiger partial charge in [0.15, 0.2) is 0 Å². The van der Waals surface area contributed by atoms with Crippen molar-refractivity contribution in [2.24, 2.45) is 5.73 Å². The lowest BCUT2D eigenvalue weighted by Gasteiger charge is -2.18. The summed E-state index contributed by atoms with van der Waals surface area (Å²) in [7, 11) is 2.05. The molecule has 0 aromatic heterocycles. The van der Waals surface area contributed by atoms with Gasteiger partial charge in [0, 0.05) is 37.4 Å². The molecule has 18 heavy (non-hydrogen) atoms. The van der Waals surface area contributed by atoms with Gasteiger partial charge in [-0.05, 0) is 37.6 Å². The zero-order valence-corrected chi connectivity index (χ0v) is 11.4. The summed E-state index contributed by atoms with van der Waals surface area (Å²) in [5.74, 6) is -0.0716. The minimum absolute atomic E-state index is 0.0000541. The number of nitrogens with two attached hydrogens (primary N) is 1. The van der Waals surface area contributed by atoms with E-state index in [1.165, 1.54) is 0 Å². The molecule has 1 aromatic rings. The lowest BCUT2D eigenvalue weighted by Crippen LogP contribution is -2.37. The summed E-state index contributed by atoms with van der Waals surface area (Å²) in [5.41, 5.74) is 7.27. The maximum absolute atomic E-state index is 11.8. The van der Waals surface area contributed by atoms with Crippen LogP contribution in [0, 0.1) is 0 Å². The largest absolute Gasteiger partial charge is 0.375 e. The van der Waals surface area contributed by atoms with Gasteiger partial charge < -0.3 is 16.0 Å². The zero-order chi connectivity index (χ0) is 13.5. The molecule has 0 radical (unpaired) electrons. The third-order valence-electron chi connectivity index (χ3n) is 2.86. The van der Waals surface area contributed by atoms with Crippen molar-refractivity contribution >= 4 is 11.6 Å². The van der Waals surface area contributed by atoms with E-state index in [4.69, 9.17) is 5.73 Å². The van der Waals surface area contributed by atoms with Gasteiger partial charge in [0.05, 0.1) is 0 Å². The fourth-order valence-corrected chi connectivity index (χ4v) is 1.70. The molecule has 0 aliphatic heterocycles. The van der Waals surface area contributed by atoms with Crippen molar-refractivity contribution in [2.45, 2.75) is 26.3 Å². The van der Waals surface area contributed by atoms with E-state index in [0.717, 1.165) is 18.7 Å². The van der Waals surface area contributed by atoms with Gasteiger partial charge in [-0.25, -0.2) is 0 Å². The summed E-state index contributed by atoms with van der Waals surface area (Å²) in [6.45, 7) is 5.49. The van der Waals surface area contributed by atoms with Crippen molar-refractivity contribution in [3.8, 4) is 0 Å². The monoisotopic (exact) mass is 249 g/mol. The van der Waals surface area contributed by atoms with E-state index in [9.17, 15) is 4.79 Å². The second-order valence-corrected chi connectivity index (χ2v) is 4.58. The molecule has 0 aliphatic carbocycles. The number of carbonyl (C=O) groups excluding carboxylic acids is 1. The van der Waals surface area contributed by atoms with Crippen LogP contribution in [0.25, 0.3) is 0 Å². The van der Waals surface area contributed by atoms with Crippen LogP contribution in [-0.2, 0) is 0 Å². The van der Waals surface area contributed by atoms with E-state index in [-0.39, 0.29) is 11.9 Å². The van der Waals surface area contributed by atoms with E-state index < -0.39 is 0 Å². The fraction of sp³-hybridized carbons (Fsp3) is 0.500. The third-order valence-corrected chi connectivity index (χ3v) is 2.86. The summed E-state index contributed by atoms with van der Waals surface area (Å²) in [5, 5.41) is 2.84. The Morgan fingerprint density at radius 1 is 1.39 bits per heavy atom. The number of nitrogens with one attached hydrogen (secondary N) is 1. The topological polar surface area (TPSA) is 58.4 Å². The van der Waals surface area contributed by atoms with E-state index in [1.807, 2.05) is 31.2 Å². The van der Waals surface area contributed by atoms with Crippen molar-refractivity contribution in [3.63, 3.8) is 0 Å². The Morgan fingerprint density at radius 3 is 2.50 bits per heavy atom. The summed E-state index contributed by atoms with van der Waals surface area (Å²) < 4.78 is 0. The molecule has 100 valence electrons. The number of rotatable bonds is 6. The second-order valence-electron chi connectivity index (χ2n) is 4.58. The summed E-state index contributed by atoms with van der Waals surface area (Å²) in [6, 6.07) is 7.63. The standard InChI is InChI=1S/C14H23N3O/c1-4-9-17(3)13-7-5-12(6-8-13)14(18)16-11(2)10-15/h5-8,11H,4,9-10,15H2,1-3H3,(H,16,18)/t11-/m0/s1. The summed E-state index contributed by atoms with van der Waals surface area (Å²) >= 11 is 0. The highest BCUT2D eigenvalue weighted by atomic mass is 16.1. The first kappa shape index (κ1) is 14.5. The Bertz CT molecular complexity index is 375. The number of carbonyl (C=O) groups is 1. The van der Waals surface area contributed by atoms with Crippen LogP contribution in [0.2, 0.25) is 0 Å². The molecule has 4 heteroatoms. The zero-order valence-electron chi connectivity index (χ0n) is 11.4. The fourth-order valence-electron chi connectivity index (χ4n) is 1.70. The van der Waals surface area contributed by atoms with E-state index in [0.29, 0.717) is 12.1 Å². The Morgan fingerprint density at radius 2 is 2.00 bits per heavy atom. The molecule has 0 fully saturated rings. The van der Waals surface area contributed by atoms with Gasteiger partial charge in [0.25, 0.3) is 5.91 Å². The maximum atomic E-state index is 11.8. The molecule has 1 amide bonds. The minimum atomic E-state index is -0.0716. The lowest BCUT2D eigenvalue weighted by atomic mass is 10.1. The molecule has 4 nitrogen and oxygen atoms in total. The molecular formula is C14H23N3O. The molecule has 1 atom stereocenters. The molecule has 1 rings (SSSR count). The van der Waals surface area contributed by atoms with Crippen molar-refractivity contribution in [1.82, 2.24) is 5.32 Å². The molecule has 3 N–H and O–H groups in total. The molecule has 1 aromatic carbocycles. The molecule has 0 saturated heterocycles. The molecule has 0 unspecified atom stereocenters. The van der Waals surface area contributed by atoms with Gasteiger partial charge in [-0.3, -0.25) is 4.79 Å². The molecule has 0 heterocycles. The van der Waals surface area contributed by atoms with Crippen LogP contribution in [0.4, 0.5) is 5.69 Å². The van der Waals surface area contributed by atoms with Crippen LogP contribution in [-0.4, -0.2) is 32.1 Å². The summed E-state index contributed by atoms with van der Waals surface area (Å²) in [6.07, 6.45) is 1.10. The number of amides is 1. The molecule has 0 spiro atoms. The number of benzene rings is 1. The highest BCUT2D eigenvalue weighted by Gasteiger charge is 2.08. The van der Waals surface area contributed by atoms with E-state index in [2.05, 4.69) is 24.2 Å². The number of anilines is 1. The van der Waals surface area contributed by atoms with Gasteiger partial charge in [-0.1, -0.05) is 6.92 Å².